The molecule has 1 aromatic heterocycles. The van der Waals surface area contributed by atoms with Crippen molar-refractivity contribution < 1.29 is 4.79 Å². The summed E-state index contributed by atoms with van der Waals surface area (Å²) in [4.78, 5) is 12.1. The standard InChI is InChI=1S/C15H26N4O/c1-11-13(10-19(3)18-11)9-16-12(2)15(20)17-14-7-5-4-6-8-14/h10,12,14,16H,4-9H2,1-3H3,(H,17,20). The molecular formula is C15H26N4O. The van der Waals surface area contributed by atoms with Gasteiger partial charge in [-0.1, -0.05) is 19.3 Å². The van der Waals surface area contributed by atoms with Crippen LogP contribution in [0.15, 0.2) is 6.20 Å². The van der Waals surface area contributed by atoms with Crippen molar-refractivity contribution in [2.45, 2.75) is 64.6 Å². The van der Waals surface area contributed by atoms with E-state index in [2.05, 4.69) is 15.7 Å². The predicted octanol–water partition coefficient (Wildman–Crippen LogP) is 1.66. The van der Waals surface area contributed by atoms with Crippen LogP contribution in [0, 0.1) is 6.92 Å². The lowest BCUT2D eigenvalue weighted by molar-refractivity contribution is -0.123. The van der Waals surface area contributed by atoms with Crippen LogP contribution in [0.1, 0.15) is 50.3 Å². The SMILES string of the molecule is Cc1nn(C)cc1CNC(C)C(=O)NC1CCCCC1. The number of hydrogen-bond donors (Lipinski definition) is 2. The molecule has 1 heterocycles. The molecule has 0 spiro atoms. The number of nitrogens with zero attached hydrogens (tertiary/aromatic N) is 2. The molecule has 1 unspecified atom stereocenters. The largest absolute Gasteiger partial charge is 0.352 e. The highest BCUT2D eigenvalue weighted by atomic mass is 16.2. The molecule has 0 saturated heterocycles. The van der Waals surface area contributed by atoms with Gasteiger partial charge in [-0.3, -0.25) is 9.48 Å². The van der Waals surface area contributed by atoms with Gasteiger partial charge in [0.2, 0.25) is 5.91 Å². The summed E-state index contributed by atoms with van der Waals surface area (Å²) in [6.45, 7) is 4.59. The number of nitrogens with one attached hydrogen (secondary N) is 2. The molecule has 0 radical (unpaired) electrons. The first-order valence-electron chi connectivity index (χ1n) is 7.59. The lowest BCUT2D eigenvalue weighted by Crippen LogP contribution is -2.46. The van der Waals surface area contributed by atoms with Crippen LogP contribution < -0.4 is 10.6 Å². The van der Waals surface area contributed by atoms with Crippen molar-refractivity contribution in [3.8, 4) is 0 Å². The first-order valence-corrected chi connectivity index (χ1v) is 7.59. The van der Waals surface area contributed by atoms with E-state index >= 15 is 0 Å². The Morgan fingerprint density at radius 2 is 2.15 bits per heavy atom. The average Bonchev–Trinajstić information content (AvgIpc) is 2.75. The maximum absolute atomic E-state index is 12.1. The zero-order valence-corrected chi connectivity index (χ0v) is 12.8. The number of hydrogen-bond acceptors (Lipinski definition) is 3. The average molecular weight is 278 g/mol. The molecule has 2 N–H and O–H groups in total. The lowest BCUT2D eigenvalue weighted by atomic mass is 9.95. The van der Waals surface area contributed by atoms with Gasteiger partial charge in [0.05, 0.1) is 11.7 Å². The van der Waals surface area contributed by atoms with Gasteiger partial charge >= 0.3 is 0 Å². The first kappa shape index (κ1) is 15.0. The molecule has 2 rings (SSSR count). The fourth-order valence-corrected chi connectivity index (χ4v) is 2.75. The first-order chi connectivity index (χ1) is 9.56. The Hall–Kier alpha value is -1.36. The second-order valence-electron chi connectivity index (χ2n) is 5.86. The van der Waals surface area contributed by atoms with Crippen molar-refractivity contribution in [3.05, 3.63) is 17.5 Å². The molecule has 1 aliphatic carbocycles. The minimum absolute atomic E-state index is 0.110. The summed E-state index contributed by atoms with van der Waals surface area (Å²) >= 11 is 0. The number of amides is 1. The van der Waals surface area contributed by atoms with Gasteiger partial charge in [-0.2, -0.15) is 5.10 Å². The number of aryl methyl sites for hydroxylation is 2. The molecule has 0 aliphatic heterocycles. The van der Waals surface area contributed by atoms with Crippen molar-refractivity contribution in [1.29, 1.82) is 0 Å². The van der Waals surface area contributed by atoms with Crippen LogP contribution in [0.3, 0.4) is 0 Å². The van der Waals surface area contributed by atoms with Crippen molar-refractivity contribution >= 4 is 5.91 Å². The van der Waals surface area contributed by atoms with E-state index in [1.54, 1.807) is 4.68 Å². The van der Waals surface area contributed by atoms with Gasteiger partial charge in [0.15, 0.2) is 0 Å². The monoisotopic (exact) mass is 278 g/mol. The van der Waals surface area contributed by atoms with Gasteiger partial charge in [-0.25, -0.2) is 0 Å². The number of carbonyl (C=O) groups excluding carboxylic acids is 1. The number of carbonyl (C=O) groups is 1. The van der Waals surface area contributed by atoms with Gasteiger partial charge in [0, 0.05) is 31.4 Å². The van der Waals surface area contributed by atoms with Crippen LogP contribution in [0.4, 0.5) is 0 Å². The van der Waals surface area contributed by atoms with Gasteiger partial charge in [-0.05, 0) is 26.7 Å². The van der Waals surface area contributed by atoms with Crippen LogP contribution >= 0.6 is 0 Å². The molecule has 1 saturated carbocycles. The van der Waals surface area contributed by atoms with E-state index in [4.69, 9.17) is 0 Å². The van der Waals surface area contributed by atoms with Crippen molar-refractivity contribution in [3.63, 3.8) is 0 Å². The Kier molecular flexibility index (Phi) is 5.17. The molecule has 1 aromatic rings. The van der Waals surface area contributed by atoms with Crippen LogP contribution in [0.25, 0.3) is 0 Å². The molecular weight excluding hydrogens is 252 g/mol. The molecule has 112 valence electrons. The minimum Gasteiger partial charge on any atom is -0.352 e. The Morgan fingerprint density at radius 3 is 2.75 bits per heavy atom. The minimum atomic E-state index is -0.170. The summed E-state index contributed by atoms with van der Waals surface area (Å²) in [6, 6.07) is 0.206. The summed E-state index contributed by atoms with van der Waals surface area (Å²) in [5.41, 5.74) is 2.16. The fourth-order valence-electron chi connectivity index (χ4n) is 2.75. The van der Waals surface area contributed by atoms with Crippen LogP contribution in [-0.2, 0) is 18.4 Å². The van der Waals surface area contributed by atoms with Crippen molar-refractivity contribution in [2.75, 3.05) is 0 Å². The van der Waals surface area contributed by atoms with E-state index < -0.39 is 0 Å². The second kappa shape index (κ2) is 6.88. The topological polar surface area (TPSA) is 59.0 Å². The Morgan fingerprint density at radius 1 is 1.45 bits per heavy atom. The summed E-state index contributed by atoms with van der Waals surface area (Å²) in [6.07, 6.45) is 8.03. The van der Waals surface area contributed by atoms with Gasteiger partial charge < -0.3 is 10.6 Å². The highest BCUT2D eigenvalue weighted by molar-refractivity contribution is 5.81. The maximum Gasteiger partial charge on any atom is 0.237 e. The highest BCUT2D eigenvalue weighted by Crippen LogP contribution is 2.17. The predicted molar refractivity (Wildman–Crippen MR) is 79.3 cm³/mol. The van der Waals surface area contributed by atoms with E-state index in [0.29, 0.717) is 12.6 Å². The van der Waals surface area contributed by atoms with E-state index in [-0.39, 0.29) is 11.9 Å². The summed E-state index contributed by atoms with van der Waals surface area (Å²) < 4.78 is 1.80. The van der Waals surface area contributed by atoms with E-state index in [1.807, 2.05) is 27.1 Å². The molecule has 1 aliphatic rings. The van der Waals surface area contributed by atoms with Crippen molar-refractivity contribution in [2.24, 2.45) is 7.05 Å². The third-order valence-electron chi connectivity index (χ3n) is 4.06. The molecule has 0 bridgehead atoms. The summed E-state index contributed by atoms with van der Waals surface area (Å²) in [5, 5.41) is 10.7. The van der Waals surface area contributed by atoms with E-state index in [9.17, 15) is 4.79 Å². The fraction of sp³-hybridized carbons (Fsp3) is 0.733. The molecule has 1 atom stereocenters. The zero-order valence-electron chi connectivity index (χ0n) is 12.8. The van der Waals surface area contributed by atoms with Gasteiger partial charge in [-0.15, -0.1) is 0 Å². The lowest BCUT2D eigenvalue weighted by Gasteiger charge is -2.24. The van der Waals surface area contributed by atoms with Crippen molar-refractivity contribution in [1.82, 2.24) is 20.4 Å². The molecule has 1 fully saturated rings. The van der Waals surface area contributed by atoms with E-state index in [1.165, 1.54) is 19.3 Å². The van der Waals surface area contributed by atoms with Crippen LogP contribution in [-0.4, -0.2) is 27.8 Å². The molecule has 5 nitrogen and oxygen atoms in total. The molecule has 20 heavy (non-hydrogen) atoms. The van der Waals surface area contributed by atoms with Crippen LogP contribution in [0.5, 0.6) is 0 Å². The second-order valence-corrected chi connectivity index (χ2v) is 5.86. The number of rotatable bonds is 5. The Labute approximate surface area is 121 Å². The quantitative estimate of drug-likeness (QED) is 0.861. The molecule has 0 aromatic carbocycles. The summed E-state index contributed by atoms with van der Waals surface area (Å²) in [5.74, 6) is 0.110. The molecule has 1 amide bonds. The van der Waals surface area contributed by atoms with Gasteiger partial charge in [0.25, 0.3) is 0 Å². The number of aromatic nitrogens is 2. The molecule has 5 heteroatoms. The highest BCUT2D eigenvalue weighted by Gasteiger charge is 2.19. The Balaban J connectivity index is 1.77. The van der Waals surface area contributed by atoms with Crippen LogP contribution in [0.2, 0.25) is 0 Å². The van der Waals surface area contributed by atoms with Gasteiger partial charge in [0.1, 0.15) is 0 Å². The third-order valence-corrected chi connectivity index (χ3v) is 4.06. The summed E-state index contributed by atoms with van der Waals surface area (Å²) in [7, 11) is 1.91. The zero-order chi connectivity index (χ0) is 14.5. The normalized spacial score (nSPS) is 17.9. The third kappa shape index (κ3) is 4.07. The Bertz CT molecular complexity index is 449. The van der Waals surface area contributed by atoms with E-state index in [0.717, 1.165) is 24.1 Å². The maximum atomic E-state index is 12.1. The smallest absolute Gasteiger partial charge is 0.237 e.